The Morgan fingerprint density at radius 2 is 2.08 bits per heavy atom. The van der Waals surface area contributed by atoms with Gasteiger partial charge in [0.2, 0.25) is 5.91 Å². The second kappa shape index (κ2) is 7.71. The van der Waals surface area contributed by atoms with Gasteiger partial charge >= 0.3 is 0 Å². The van der Waals surface area contributed by atoms with Crippen LogP contribution in [0.25, 0.3) is 0 Å². The van der Waals surface area contributed by atoms with Gasteiger partial charge in [-0.1, -0.05) is 12.8 Å². The van der Waals surface area contributed by atoms with Gasteiger partial charge in [-0.05, 0) is 64.1 Å². The number of piperidine rings is 1. The Kier molecular flexibility index (Phi) is 5.83. The number of hydrogen-bond acceptors (Lipinski definition) is 4. The number of nitrogens with zero attached hydrogens (tertiary/aromatic N) is 2. The summed E-state index contributed by atoms with van der Waals surface area (Å²) < 4.78 is 0. The van der Waals surface area contributed by atoms with E-state index in [1.807, 2.05) is 18.9 Å². The molecule has 3 atom stereocenters. The lowest BCUT2D eigenvalue weighted by Crippen LogP contribution is -2.50. The largest absolute Gasteiger partial charge is 0.392 e. The molecule has 0 aromatic heterocycles. The fourth-order valence-electron chi connectivity index (χ4n) is 5.24. The minimum Gasteiger partial charge on any atom is -0.392 e. The number of rotatable bonds is 5. The van der Waals surface area contributed by atoms with Crippen LogP contribution in [-0.2, 0) is 4.79 Å². The van der Waals surface area contributed by atoms with Crippen LogP contribution in [0.2, 0.25) is 0 Å². The summed E-state index contributed by atoms with van der Waals surface area (Å²) in [5.74, 6) is 1.55. The van der Waals surface area contributed by atoms with Crippen molar-refractivity contribution in [2.24, 2.45) is 17.3 Å². The number of hydrogen-bond donors (Lipinski definition) is 2. The second-order valence-electron chi connectivity index (χ2n) is 8.51. The number of likely N-dealkylation sites (tertiary alicyclic amines) is 1. The van der Waals surface area contributed by atoms with E-state index in [1.165, 1.54) is 19.3 Å². The van der Waals surface area contributed by atoms with Gasteiger partial charge in [-0.25, -0.2) is 0 Å². The molecular formula is C19H35N3O2. The number of aliphatic hydroxyl groups is 1. The van der Waals surface area contributed by atoms with E-state index in [0.29, 0.717) is 17.7 Å². The minimum absolute atomic E-state index is 0.111. The number of carbonyl (C=O) groups is 1. The summed E-state index contributed by atoms with van der Waals surface area (Å²) in [6, 6.07) is 0. The van der Waals surface area contributed by atoms with Gasteiger partial charge < -0.3 is 20.2 Å². The molecule has 3 aliphatic rings. The summed E-state index contributed by atoms with van der Waals surface area (Å²) in [4.78, 5) is 17.6. The standard InChI is InChI=1S/C19H35N3O2/c1-15(23)12-22-9-6-16(7-10-22)13-21(2)18(24)19-8-4-3-5-17(19)11-20-14-19/h15-17,20,23H,3-14H2,1-2H3/t15?,17-,19+/m0/s1. The van der Waals surface area contributed by atoms with E-state index in [1.54, 1.807) is 0 Å². The molecule has 2 saturated heterocycles. The lowest BCUT2D eigenvalue weighted by Gasteiger charge is -2.41. The third kappa shape index (κ3) is 3.78. The van der Waals surface area contributed by atoms with Crippen molar-refractivity contribution in [3.8, 4) is 0 Å². The van der Waals surface area contributed by atoms with Crippen LogP contribution in [0.15, 0.2) is 0 Å². The van der Waals surface area contributed by atoms with E-state index in [0.717, 1.165) is 58.5 Å². The number of β-amino-alcohol motifs (C(OH)–C–C–N with tert-alkyl or cyclic N) is 1. The Hall–Kier alpha value is -0.650. The first kappa shape index (κ1) is 18.2. The van der Waals surface area contributed by atoms with Crippen LogP contribution in [-0.4, -0.2) is 73.2 Å². The van der Waals surface area contributed by atoms with E-state index < -0.39 is 0 Å². The summed E-state index contributed by atoms with van der Waals surface area (Å²) in [5, 5.41) is 13.0. The Labute approximate surface area is 146 Å². The Morgan fingerprint density at radius 3 is 2.79 bits per heavy atom. The average molecular weight is 338 g/mol. The molecule has 2 aliphatic heterocycles. The molecule has 0 bridgehead atoms. The van der Waals surface area contributed by atoms with Crippen LogP contribution in [0, 0.1) is 17.3 Å². The van der Waals surface area contributed by atoms with Crippen molar-refractivity contribution in [1.82, 2.24) is 15.1 Å². The Bertz CT molecular complexity index is 434. The summed E-state index contributed by atoms with van der Waals surface area (Å²) in [6.07, 6.45) is 6.80. The van der Waals surface area contributed by atoms with E-state index in [9.17, 15) is 9.90 Å². The van der Waals surface area contributed by atoms with E-state index in [-0.39, 0.29) is 11.5 Å². The zero-order valence-electron chi connectivity index (χ0n) is 15.5. The molecule has 0 aromatic rings. The van der Waals surface area contributed by atoms with Crippen LogP contribution in [0.3, 0.4) is 0 Å². The molecule has 0 radical (unpaired) electrons. The molecule has 5 heteroatoms. The first-order valence-corrected chi connectivity index (χ1v) is 9.88. The number of fused-ring (bicyclic) bond motifs is 1. The summed E-state index contributed by atoms with van der Waals surface area (Å²) in [7, 11) is 2.02. The van der Waals surface area contributed by atoms with Gasteiger partial charge in [0, 0.05) is 26.7 Å². The quantitative estimate of drug-likeness (QED) is 0.794. The molecule has 1 unspecified atom stereocenters. The van der Waals surface area contributed by atoms with E-state index in [2.05, 4.69) is 10.2 Å². The fraction of sp³-hybridized carbons (Fsp3) is 0.947. The SMILES string of the molecule is CC(O)CN1CCC(CN(C)C(=O)[C@@]23CCCC[C@H]2CNC3)CC1. The number of aliphatic hydroxyl groups excluding tert-OH is 1. The second-order valence-corrected chi connectivity index (χ2v) is 8.51. The third-order valence-electron chi connectivity index (χ3n) is 6.57. The van der Waals surface area contributed by atoms with Crippen molar-refractivity contribution < 1.29 is 9.90 Å². The predicted octanol–water partition coefficient (Wildman–Crippen LogP) is 1.32. The zero-order chi connectivity index (χ0) is 17.2. The number of nitrogens with one attached hydrogen (secondary N) is 1. The molecule has 24 heavy (non-hydrogen) atoms. The summed E-state index contributed by atoms with van der Waals surface area (Å²) in [5.41, 5.74) is -0.111. The van der Waals surface area contributed by atoms with Crippen molar-refractivity contribution in [2.75, 3.05) is 46.3 Å². The van der Waals surface area contributed by atoms with Crippen molar-refractivity contribution in [3.05, 3.63) is 0 Å². The normalized spacial score (nSPS) is 33.2. The molecule has 2 N–H and O–H groups in total. The van der Waals surface area contributed by atoms with Crippen molar-refractivity contribution in [3.63, 3.8) is 0 Å². The first-order valence-electron chi connectivity index (χ1n) is 9.88. The van der Waals surface area contributed by atoms with Crippen LogP contribution < -0.4 is 5.32 Å². The van der Waals surface area contributed by atoms with Gasteiger partial charge in [0.05, 0.1) is 11.5 Å². The molecule has 3 rings (SSSR count). The lowest BCUT2D eigenvalue weighted by molar-refractivity contribution is -0.144. The van der Waals surface area contributed by atoms with Gasteiger partial charge in [0.15, 0.2) is 0 Å². The monoisotopic (exact) mass is 337 g/mol. The van der Waals surface area contributed by atoms with Crippen LogP contribution in [0.5, 0.6) is 0 Å². The number of amides is 1. The van der Waals surface area contributed by atoms with Crippen molar-refractivity contribution in [2.45, 2.75) is 51.6 Å². The van der Waals surface area contributed by atoms with Gasteiger partial charge in [-0.2, -0.15) is 0 Å². The van der Waals surface area contributed by atoms with Crippen LogP contribution >= 0.6 is 0 Å². The molecule has 0 aromatic carbocycles. The zero-order valence-corrected chi connectivity index (χ0v) is 15.5. The molecule has 1 amide bonds. The smallest absolute Gasteiger partial charge is 0.230 e. The lowest BCUT2D eigenvalue weighted by atomic mass is 9.67. The van der Waals surface area contributed by atoms with Crippen molar-refractivity contribution in [1.29, 1.82) is 0 Å². The highest BCUT2D eigenvalue weighted by Gasteiger charge is 2.50. The molecule has 3 fully saturated rings. The minimum atomic E-state index is -0.247. The van der Waals surface area contributed by atoms with Gasteiger partial charge in [0.25, 0.3) is 0 Å². The van der Waals surface area contributed by atoms with Gasteiger partial charge in [-0.15, -0.1) is 0 Å². The fourth-order valence-corrected chi connectivity index (χ4v) is 5.24. The number of carbonyl (C=O) groups excluding carboxylic acids is 1. The molecule has 1 saturated carbocycles. The molecule has 5 nitrogen and oxygen atoms in total. The maximum absolute atomic E-state index is 13.2. The molecule has 0 spiro atoms. The van der Waals surface area contributed by atoms with E-state index >= 15 is 0 Å². The maximum atomic E-state index is 13.2. The van der Waals surface area contributed by atoms with Crippen molar-refractivity contribution >= 4 is 5.91 Å². The molecular weight excluding hydrogens is 302 g/mol. The maximum Gasteiger partial charge on any atom is 0.230 e. The highest BCUT2D eigenvalue weighted by molar-refractivity contribution is 5.83. The summed E-state index contributed by atoms with van der Waals surface area (Å²) in [6.45, 7) is 7.53. The van der Waals surface area contributed by atoms with Gasteiger partial charge in [0.1, 0.15) is 0 Å². The van der Waals surface area contributed by atoms with Gasteiger partial charge in [-0.3, -0.25) is 4.79 Å². The predicted molar refractivity (Wildman–Crippen MR) is 95.7 cm³/mol. The molecule has 138 valence electrons. The highest BCUT2D eigenvalue weighted by Crippen LogP contribution is 2.45. The Balaban J connectivity index is 1.52. The topological polar surface area (TPSA) is 55.8 Å². The Morgan fingerprint density at radius 1 is 1.33 bits per heavy atom. The van der Waals surface area contributed by atoms with E-state index in [4.69, 9.17) is 0 Å². The summed E-state index contributed by atoms with van der Waals surface area (Å²) >= 11 is 0. The van der Waals surface area contributed by atoms with Crippen LogP contribution in [0.4, 0.5) is 0 Å². The average Bonchev–Trinajstić information content (AvgIpc) is 3.00. The first-order chi connectivity index (χ1) is 11.5. The molecule has 2 heterocycles. The third-order valence-corrected chi connectivity index (χ3v) is 6.57. The van der Waals surface area contributed by atoms with Crippen LogP contribution in [0.1, 0.15) is 45.4 Å². The highest BCUT2D eigenvalue weighted by atomic mass is 16.3. The molecule has 1 aliphatic carbocycles.